The number of rotatable bonds is 6. The molecular formula is C24H19NO7S. The number of hydrogen-bond donors (Lipinski definition) is 1. The van der Waals surface area contributed by atoms with Crippen LogP contribution in [-0.2, 0) is 35.8 Å². The lowest BCUT2D eigenvalue weighted by Crippen LogP contribution is -2.36. The van der Waals surface area contributed by atoms with Crippen LogP contribution in [0.25, 0.3) is 32.3 Å². The molecule has 1 fully saturated rings. The topological polar surface area (TPSA) is 118 Å². The third-order valence-corrected chi connectivity index (χ3v) is 7.15. The average Bonchev–Trinajstić information content (AvgIpc) is 3.07. The maximum atomic E-state index is 12.2. The van der Waals surface area contributed by atoms with Crippen LogP contribution in [0.4, 0.5) is 0 Å². The number of carbonyl (C=O) groups excluding carboxylic acids is 3. The Bertz CT molecular complexity index is 1530. The summed E-state index contributed by atoms with van der Waals surface area (Å²) in [6.45, 7) is 0. The van der Waals surface area contributed by atoms with E-state index < -0.39 is 39.6 Å². The standard InChI is InChI=1S/C24H19NO7S/c26-20-13-19(33(29,30)31)24(28)25(20)32-21(27)6-2-3-14-7-8-17-10-9-15-4-1-5-16-11-12-18(14)23(17)22(15)16/h1,4-5,7-12,19H,2-3,6,13H2,(H,29,30,31)/t19-/m0/s1. The Balaban J connectivity index is 1.30. The van der Waals surface area contributed by atoms with Crippen LogP contribution in [0.3, 0.4) is 0 Å². The SMILES string of the molecule is O=C(CCCc1ccc2ccc3cccc4ccc1c2c34)ON1C(=O)C[C@H](S(=O)(=O)O)C1=O. The molecule has 33 heavy (non-hydrogen) atoms. The van der Waals surface area contributed by atoms with E-state index >= 15 is 0 Å². The summed E-state index contributed by atoms with van der Waals surface area (Å²) in [5.74, 6) is -3.07. The van der Waals surface area contributed by atoms with E-state index in [9.17, 15) is 22.8 Å². The van der Waals surface area contributed by atoms with E-state index in [4.69, 9.17) is 9.39 Å². The van der Waals surface area contributed by atoms with Gasteiger partial charge in [0.1, 0.15) is 0 Å². The van der Waals surface area contributed by atoms with E-state index in [0.717, 1.165) is 27.1 Å². The first-order chi connectivity index (χ1) is 15.7. The van der Waals surface area contributed by atoms with E-state index in [1.54, 1.807) is 0 Å². The molecule has 4 aromatic rings. The van der Waals surface area contributed by atoms with Crippen molar-refractivity contribution in [3.8, 4) is 0 Å². The predicted molar refractivity (Wildman–Crippen MR) is 121 cm³/mol. The number of imide groups is 1. The Morgan fingerprint density at radius 3 is 2.27 bits per heavy atom. The molecule has 2 amide bonds. The number of hydroxylamine groups is 2. The second-order valence-corrected chi connectivity index (χ2v) is 9.73. The molecule has 8 nitrogen and oxygen atoms in total. The first-order valence-electron chi connectivity index (χ1n) is 10.4. The van der Waals surface area contributed by atoms with Crippen LogP contribution in [0.2, 0.25) is 0 Å². The number of carbonyl (C=O) groups is 3. The highest BCUT2D eigenvalue weighted by Gasteiger charge is 2.48. The summed E-state index contributed by atoms with van der Waals surface area (Å²) < 4.78 is 31.4. The van der Waals surface area contributed by atoms with E-state index in [0.29, 0.717) is 12.8 Å². The predicted octanol–water partition coefficient (Wildman–Crippen LogP) is 3.38. The van der Waals surface area contributed by atoms with Crippen molar-refractivity contribution in [1.82, 2.24) is 5.06 Å². The van der Waals surface area contributed by atoms with Crippen LogP contribution in [0.15, 0.2) is 54.6 Å². The average molecular weight is 465 g/mol. The summed E-state index contributed by atoms with van der Waals surface area (Å²) in [7, 11) is -4.75. The fourth-order valence-corrected chi connectivity index (χ4v) is 5.20. The number of hydrogen-bond acceptors (Lipinski definition) is 6. The zero-order chi connectivity index (χ0) is 23.3. The van der Waals surface area contributed by atoms with Gasteiger partial charge in [-0.05, 0) is 50.7 Å². The smallest absolute Gasteiger partial charge is 0.330 e. The minimum absolute atomic E-state index is 0.0738. The van der Waals surface area contributed by atoms with Crippen molar-refractivity contribution in [1.29, 1.82) is 0 Å². The molecule has 5 rings (SSSR count). The van der Waals surface area contributed by atoms with Crippen LogP contribution >= 0.6 is 0 Å². The van der Waals surface area contributed by atoms with Crippen molar-refractivity contribution in [2.45, 2.75) is 30.9 Å². The van der Waals surface area contributed by atoms with Gasteiger partial charge in [-0.1, -0.05) is 54.6 Å². The van der Waals surface area contributed by atoms with E-state index in [1.165, 1.54) is 10.8 Å². The Hall–Kier alpha value is -3.56. The number of aryl methyl sites for hydroxylation is 1. The number of nitrogens with zero attached hydrogens (tertiary/aromatic N) is 1. The minimum Gasteiger partial charge on any atom is -0.330 e. The largest absolute Gasteiger partial charge is 0.333 e. The van der Waals surface area contributed by atoms with Crippen LogP contribution < -0.4 is 0 Å². The second kappa shape index (κ2) is 7.79. The Labute approximate surface area is 188 Å². The van der Waals surface area contributed by atoms with Gasteiger partial charge in [0.2, 0.25) is 0 Å². The van der Waals surface area contributed by atoms with Crippen LogP contribution in [0.1, 0.15) is 24.8 Å². The van der Waals surface area contributed by atoms with Crippen molar-refractivity contribution in [2.75, 3.05) is 0 Å². The van der Waals surface area contributed by atoms with E-state index in [1.807, 2.05) is 12.1 Å². The maximum Gasteiger partial charge on any atom is 0.333 e. The first kappa shape index (κ1) is 21.3. The van der Waals surface area contributed by atoms with Gasteiger partial charge in [0, 0.05) is 6.42 Å². The molecule has 168 valence electrons. The van der Waals surface area contributed by atoms with Crippen LogP contribution in [0.5, 0.6) is 0 Å². The van der Waals surface area contributed by atoms with Gasteiger partial charge >= 0.3 is 5.97 Å². The fraction of sp³-hybridized carbons (Fsp3) is 0.208. The highest BCUT2D eigenvalue weighted by Crippen LogP contribution is 2.36. The van der Waals surface area contributed by atoms with Crippen molar-refractivity contribution in [3.63, 3.8) is 0 Å². The van der Waals surface area contributed by atoms with Gasteiger partial charge in [0.15, 0.2) is 5.25 Å². The Morgan fingerprint density at radius 2 is 1.61 bits per heavy atom. The maximum absolute atomic E-state index is 12.2. The number of amides is 2. The second-order valence-electron chi connectivity index (χ2n) is 8.13. The molecular weight excluding hydrogens is 446 g/mol. The summed E-state index contributed by atoms with van der Waals surface area (Å²) in [6, 6.07) is 18.6. The van der Waals surface area contributed by atoms with Gasteiger partial charge in [-0.2, -0.15) is 8.42 Å². The molecule has 1 aliphatic rings. The van der Waals surface area contributed by atoms with Crippen molar-refractivity contribution in [2.24, 2.45) is 0 Å². The normalized spacial score (nSPS) is 17.0. The molecule has 0 unspecified atom stereocenters. The highest BCUT2D eigenvalue weighted by molar-refractivity contribution is 7.87. The molecule has 1 atom stereocenters. The van der Waals surface area contributed by atoms with E-state index in [-0.39, 0.29) is 11.5 Å². The molecule has 1 heterocycles. The lowest BCUT2D eigenvalue weighted by Gasteiger charge is -2.15. The zero-order valence-corrected chi connectivity index (χ0v) is 18.2. The molecule has 1 N–H and O–H groups in total. The Kier molecular flexibility index (Phi) is 5.02. The summed E-state index contributed by atoms with van der Waals surface area (Å²) in [4.78, 5) is 40.8. The zero-order valence-electron chi connectivity index (χ0n) is 17.4. The monoisotopic (exact) mass is 465 g/mol. The van der Waals surface area contributed by atoms with E-state index in [2.05, 4.69) is 42.5 Å². The molecule has 9 heteroatoms. The van der Waals surface area contributed by atoms with Crippen molar-refractivity contribution < 1.29 is 32.2 Å². The molecule has 1 aliphatic heterocycles. The fourth-order valence-electron chi connectivity index (χ4n) is 4.50. The highest BCUT2D eigenvalue weighted by atomic mass is 32.2. The van der Waals surface area contributed by atoms with Gasteiger partial charge in [-0.25, -0.2) is 4.79 Å². The molecule has 0 saturated carbocycles. The summed E-state index contributed by atoms with van der Waals surface area (Å²) >= 11 is 0. The molecule has 0 radical (unpaired) electrons. The minimum atomic E-state index is -4.75. The van der Waals surface area contributed by atoms with Crippen LogP contribution in [-0.4, -0.2) is 41.1 Å². The van der Waals surface area contributed by atoms with Crippen molar-refractivity contribution in [3.05, 3.63) is 60.2 Å². The van der Waals surface area contributed by atoms with Crippen LogP contribution in [0, 0.1) is 0 Å². The molecule has 0 spiro atoms. The summed E-state index contributed by atoms with van der Waals surface area (Å²) in [6.07, 6.45) is 0.142. The summed E-state index contributed by atoms with van der Waals surface area (Å²) in [5.41, 5.74) is 1.06. The Morgan fingerprint density at radius 1 is 0.970 bits per heavy atom. The first-order valence-corrected chi connectivity index (χ1v) is 11.9. The molecule has 4 aromatic carbocycles. The lowest BCUT2D eigenvalue weighted by atomic mass is 9.90. The van der Waals surface area contributed by atoms with Gasteiger partial charge in [0.05, 0.1) is 6.42 Å². The quantitative estimate of drug-likeness (QED) is 0.263. The third-order valence-electron chi connectivity index (χ3n) is 6.06. The van der Waals surface area contributed by atoms with Crippen molar-refractivity contribution >= 4 is 60.2 Å². The third kappa shape index (κ3) is 3.69. The van der Waals surface area contributed by atoms with Gasteiger partial charge < -0.3 is 4.84 Å². The molecule has 0 bridgehead atoms. The molecule has 1 saturated heterocycles. The van der Waals surface area contributed by atoms with Gasteiger partial charge in [-0.15, -0.1) is 5.06 Å². The number of benzene rings is 4. The lowest BCUT2D eigenvalue weighted by molar-refractivity contribution is -0.197. The molecule has 0 aromatic heterocycles. The van der Waals surface area contributed by atoms with Gasteiger partial charge in [0.25, 0.3) is 21.9 Å². The van der Waals surface area contributed by atoms with Gasteiger partial charge in [-0.3, -0.25) is 14.1 Å². The molecule has 0 aliphatic carbocycles. The summed E-state index contributed by atoms with van der Waals surface area (Å²) in [5, 5.41) is 5.14.